The number of carbonyl (C=O) groups excluding carboxylic acids is 1. The number of carboxylic acids is 1. The van der Waals surface area contributed by atoms with Crippen molar-refractivity contribution in [3.8, 4) is 0 Å². The average Bonchev–Trinajstić information content (AvgIpc) is 2.26. The molecule has 0 spiro atoms. The molecule has 0 saturated heterocycles. The molecule has 0 aromatic heterocycles. The van der Waals surface area contributed by atoms with Crippen LogP contribution in [0.25, 0.3) is 0 Å². The van der Waals surface area contributed by atoms with Gasteiger partial charge in [-0.3, -0.25) is 4.79 Å². The highest BCUT2D eigenvalue weighted by Gasteiger charge is 2.21. The Morgan fingerprint density at radius 1 is 1.38 bits per heavy atom. The van der Waals surface area contributed by atoms with Gasteiger partial charge in [0.05, 0.1) is 0 Å². The van der Waals surface area contributed by atoms with Crippen molar-refractivity contribution >= 4 is 11.9 Å². The van der Waals surface area contributed by atoms with E-state index in [0.29, 0.717) is 6.61 Å². The summed E-state index contributed by atoms with van der Waals surface area (Å²) in [6.07, 6.45) is 3.12. The van der Waals surface area contributed by atoms with Gasteiger partial charge in [-0.2, -0.15) is 0 Å². The van der Waals surface area contributed by atoms with E-state index < -0.39 is 12.0 Å². The molecule has 0 aromatic rings. The standard InChI is InChI=1S/C11H21NO4/c1-4-5-6-7-16-8-10(13)12(3)9(2)11(14)15/h9H,4-8H2,1-3H3,(H,14,15). The fourth-order valence-corrected chi connectivity index (χ4v) is 1.10. The molecule has 0 bridgehead atoms. The number of likely N-dealkylation sites (N-methyl/N-ethyl adjacent to an activating group) is 1. The van der Waals surface area contributed by atoms with Gasteiger partial charge in [0.2, 0.25) is 5.91 Å². The quantitative estimate of drug-likeness (QED) is 0.636. The highest BCUT2D eigenvalue weighted by molar-refractivity contribution is 5.83. The van der Waals surface area contributed by atoms with Crippen molar-refractivity contribution < 1.29 is 19.4 Å². The van der Waals surface area contributed by atoms with E-state index >= 15 is 0 Å². The van der Waals surface area contributed by atoms with Crippen LogP contribution >= 0.6 is 0 Å². The fraction of sp³-hybridized carbons (Fsp3) is 0.818. The molecule has 0 aliphatic heterocycles. The van der Waals surface area contributed by atoms with Crippen molar-refractivity contribution in [2.75, 3.05) is 20.3 Å². The lowest BCUT2D eigenvalue weighted by Gasteiger charge is -2.21. The number of unbranched alkanes of at least 4 members (excludes halogenated alkanes) is 2. The lowest BCUT2D eigenvalue weighted by atomic mass is 10.3. The Labute approximate surface area is 96.4 Å². The summed E-state index contributed by atoms with van der Waals surface area (Å²) in [4.78, 5) is 23.3. The lowest BCUT2D eigenvalue weighted by molar-refractivity contribution is -0.150. The van der Waals surface area contributed by atoms with Crippen LogP contribution < -0.4 is 0 Å². The Bertz CT molecular complexity index is 230. The first kappa shape index (κ1) is 14.9. The smallest absolute Gasteiger partial charge is 0.326 e. The van der Waals surface area contributed by atoms with Gasteiger partial charge in [-0.05, 0) is 13.3 Å². The van der Waals surface area contributed by atoms with Crippen molar-refractivity contribution in [2.45, 2.75) is 39.2 Å². The molecule has 0 rings (SSSR count). The first-order valence-corrected chi connectivity index (χ1v) is 5.56. The van der Waals surface area contributed by atoms with E-state index in [0.717, 1.165) is 19.3 Å². The molecule has 5 heteroatoms. The first-order valence-electron chi connectivity index (χ1n) is 5.56. The fourth-order valence-electron chi connectivity index (χ4n) is 1.10. The van der Waals surface area contributed by atoms with Crippen molar-refractivity contribution in [1.29, 1.82) is 0 Å². The van der Waals surface area contributed by atoms with E-state index in [-0.39, 0.29) is 12.5 Å². The summed E-state index contributed by atoms with van der Waals surface area (Å²) in [7, 11) is 1.47. The second kappa shape index (κ2) is 8.10. The second-order valence-electron chi connectivity index (χ2n) is 3.78. The van der Waals surface area contributed by atoms with Crippen LogP contribution in [0.2, 0.25) is 0 Å². The predicted octanol–water partition coefficient (Wildman–Crippen LogP) is 1.12. The van der Waals surface area contributed by atoms with Gasteiger partial charge in [0.25, 0.3) is 0 Å². The molecule has 0 fully saturated rings. The average molecular weight is 231 g/mol. The molecule has 1 N–H and O–H groups in total. The number of rotatable bonds is 8. The third-order valence-corrected chi connectivity index (χ3v) is 2.45. The van der Waals surface area contributed by atoms with Gasteiger partial charge in [-0.25, -0.2) is 4.79 Å². The van der Waals surface area contributed by atoms with Crippen LogP contribution in [0.15, 0.2) is 0 Å². The summed E-state index contributed by atoms with van der Waals surface area (Å²) >= 11 is 0. The largest absolute Gasteiger partial charge is 0.480 e. The molecule has 0 aliphatic carbocycles. The minimum Gasteiger partial charge on any atom is -0.480 e. The van der Waals surface area contributed by atoms with Crippen LogP contribution in [0.4, 0.5) is 0 Å². The lowest BCUT2D eigenvalue weighted by Crippen LogP contribution is -2.42. The topological polar surface area (TPSA) is 66.8 Å². The van der Waals surface area contributed by atoms with Crippen LogP contribution in [0.5, 0.6) is 0 Å². The summed E-state index contributed by atoms with van der Waals surface area (Å²) in [5.74, 6) is -1.31. The van der Waals surface area contributed by atoms with Crippen LogP contribution in [0.1, 0.15) is 33.1 Å². The normalized spacial score (nSPS) is 12.2. The molecule has 1 atom stereocenters. The van der Waals surface area contributed by atoms with Crippen LogP contribution in [-0.4, -0.2) is 48.2 Å². The number of hydrogen-bond donors (Lipinski definition) is 1. The van der Waals surface area contributed by atoms with Gasteiger partial charge in [0, 0.05) is 13.7 Å². The van der Waals surface area contributed by atoms with E-state index in [2.05, 4.69) is 6.92 Å². The van der Waals surface area contributed by atoms with E-state index in [1.165, 1.54) is 18.9 Å². The van der Waals surface area contributed by atoms with Crippen LogP contribution in [0, 0.1) is 0 Å². The van der Waals surface area contributed by atoms with Crippen molar-refractivity contribution in [2.24, 2.45) is 0 Å². The third kappa shape index (κ3) is 5.70. The zero-order chi connectivity index (χ0) is 12.6. The van der Waals surface area contributed by atoms with Crippen molar-refractivity contribution in [3.05, 3.63) is 0 Å². The minimum absolute atomic E-state index is 0.0438. The number of carbonyl (C=O) groups is 2. The zero-order valence-electron chi connectivity index (χ0n) is 10.2. The van der Waals surface area contributed by atoms with E-state index in [4.69, 9.17) is 9.84 Å². The molecular weight excluding hydrogens is 210 g/mol. The van der Waals surface area contributed by atoms with Crippen LogP contribution in [0.3, 0.4) is 0 Å². The Balaban J connectivity index is 3.75. The maximum absolute atomic E-state index is 11.5. The highest BCUT2D eigenvalue weighted by atomic mass is 16.5. The maximum atomic E-state index is 11.5. The van der Waals surface area contributed by atoms with Crippen molar-refractivity contribution in [3.63, 3.8) is 0 Å². The van der Waals surface area contributed by atoms with E-state index in [9.17, 15) is 9.59 Å². The van der Waals surface area contributed by atoms with E-state index in [1.54, 1.807) is 0 Å². The molecule has 1 amide bonds. The first-order chi connectivity index (χ1) is 7.50. The molecule has 0 heterocycles. The monoisotopic (exact) mass is 231 g/mol. The molecule has 5 nitrogen and oxygen atoms in total. The summed E-state index contributed by atoms with van der Waals surface area (Å²) in [6.45, 7) is 4.07. The van der Waals surface area contributed by atoms with Gasteiger partial charge >= 0.3 is 5.97 Å². The minimum atomic E-state index is -1.01. The van der Waals surface area contributed by atoms with Gasteiger partial charge < -0.3 is 14.7 Å². The van der Waals surface area contributed by atoms with Gasteiger partial charge in [-0.1, -0.05) is 19.8 Å². The molecule has 94 valence electrons. The third-order valence-electron chi connectivity index (χ3n) is 2.45. The Morgan fingerprint density at radius 3 is 2.50 bits per heavy atom. The molecular formula is C11H21NO4. The number of amides is 1. The molecule has 0 aromatic carbocycles. The number of ether oxygens (including phenoxy) is 1. The summed E-state index contributed by atoms with van der Waals surface area (Å²) in [6, 6.07) is -0.813. The van der Waals surface area contributed by atoms with E-state index in [1.807, 2.05) is 0 Å². The Kier molecular flexibility index (Phi) is 7.54. The number of carboxylic acid groups (broad SMARTS) is 1. The zero-order valence-corrected chi connectivity index (χ0v) is 10.2. The maximum Gasteiger partial charge on any atom is 0.326 e. The highest BCUT2D eigenvalue weighted by Crippen LogP contribution is 1.98. The Hall–Kier alpha value is -1.10. The molecule has 0 radical (unpaired) electrons. The number of hydrogen-bond acceptors (Lipinski definition) is 3. The van der Waals surface area contributed by atoms with Crippen LogP contribution in [-0.2, 0) is 14.3 Å². The summed E-state index contributed by atoms with van der Waals surface area (Å²) in [5.41, 5.74) is 0. The predicted molar refractivity (Wildman–Crippen MR) is 60.2 cm³/mol. The molecule has 1 unspecified atom stereocenters. The number of aliphatic carboxylic acids is 1. The Morgan fingerprint density at radius 2 is 2.00 bits per heavy atom. The molecule has 0 saturated carbocycles. The molecule has 0 aliphatic rings. The summed E-state index contributed by atoms with van der Waals surface area (Å²) in [5, 5.41) is 8.71. The van der Waals surface area contributed by atoms with Gasteiger partial charge in [0.15, 0.2) is 0 Å². The second-order valence-corrected chi connectivity index (χ2v) is 3.78. The van der Waals surface area contributed by atoms with Crippen molar-refractivity contribution in [1.82, 2.24) is 4.90 Å². The number of nitrogens with zero attached hydrogens (tertiary/aromatic N) is 1. The van der Waals surface area contributed by atoms with Gasteiger partial charge in [-0.15, -0.1) is 0 Å². The molecule has 16 heavy (non-hydrogen) atoms. The SMILES string of the molecule is CCCCCOCC(=O)N(C)C(C)C(=O)O. The summed E-state index contributed by atoms with van der Waals surface area (Å²) < 4.78 is 5.16. The van der Waals surface area contributed by atoms with Gasteiger partial charge in [0.1, 0.15) is 12.6 Å².